The molecular weight excluding hydrogens is 402 g/mol. The second kappa shape index (κ2) is 20.8. The van der Waals surface area contributed by atoms with Crippen LogP contribution in [0.4, 0.5) is 0 Å². The predicted octanol–water partition coefficient (Wildman–Crippen LogP) is 7.70. The third kappa shape index (κ3) is 16.0. The van der Waals surface area contributed by atoms with Crippen LogP contribution in [0, 0.1) is 12.0 Å². The number of hydrogen-bond donors (Lipinski definition) is 0. The zero-order chi connectivity index (χ0) is 21.2. The molecule has 0 heterocycles. The second-order valence-electron chi connectivity index (χ2n) is 7.72. The Morgan fingerprint density at radius 1 is 0.897 bits per heavy atom. The molecule has 1 atom stereocenters. The van der Waals surface area contributed by atoms with E-state index >= 15 is 0 Å². The van der Waals surface area contributed by atoms with Crippen LogP contribution in [0.25, 0.3) is 5.73 Å². The summed E-state index contributed by atoms with van der Waals surface area (Å²) < 4.78 is 0. The van der Waals surface area contributed by atoms with Gasteiger partial charge in [-0.15, -0.1) is 6.92 Å². The molecule has 0 saturated carbocycles. The van der Waals surface area contributed by atoms with Crippen LogP contribution in [-0.2, 0) is 21.7 Å². The van der Waals surface area contributed by atoms with Crippen molar-refractivity contribution in [3.8, 4) is 0 Å². The van der Waals surface area contributed by atoms with Crippen molar-refractivity contribution in [2.24, 2.45) is 5.92 Å². The van der Waals surface area contributed by atoms with E-state index in [2.05, 4.69) is 77.6 Å². The molecule has 0 spiro atoms. The smallest absolute Gasteiger partial charge is 0.677 e. The molecule has 29 heavy (non-hydrogen) atoms. The molecule has 1 aromatic carbocycles. The van der Waals surface area contributed by atoms with Gasteiger partial charge in [0.05, 0.1) is 9.52 Å². The van der Waals surface area contributed by atoms with Gasteiger partial charge in [-0.3, -0.25) is 6.08 Å². The van der Waals surface area contributed by atoms with Crippen LogP contribution < -0.4 is 5.19 Å². The molecular formula is C26H44NSiTi. The average molecular weight is 447 g/mol. The molecule has 0 bridgehead atoms. The van der Waals surface area contributed by atoms with Crippen molar-refractivity contribution >= 4 is 14.7 Å². The standard InChI is InChI=1S/C10H22N.C9H13.C7H9Si.Ti/c1-2-3-4-5-6-7-8-9-10-11;1-6-5-7(2)9(4)8(6)3;1-8-7-5-3-2-4-6-7;/h11H,2-10H2,1H3;6H,1-4H3;2-6,8H,1H3;/q2*-1;;+2. The number of rotatable bonds is 9. The molecule has 0 aromatic heterocycles. The molecule has 2 rings (SSSR count). The number of unbranched alkanes of at least 4 members (excludes halogenated alkanes) is 7. The van der Waals surface area contributed by atoms with E-state index in [0.717, 1.165) is 6.42 Å². The van der Waals surface area contributed by atoms with Crippen molar-refractivity contribution in [1.82, 2.24) is 0 Å². The average Bonchev–Trinajstić information content (AvgIpc) is 2.94. The minimum absolute atomic E-state index is 0. The summed E-state index contributed by atoms with van der Waals surface area (Å²) in [5.41, 5.74) is 11.2. The van der Waals surface area contributed by atoms with Crippen LogP contribution in [0.5, 0.6) is 0 Å². The first kappa shape index (κ1) is 30.8. The van der Waals surface area contributed by atoms with Crippen molar-refractivity contribution < 1.29 is 21.7 Å². The van der Waals surface area contributed by atoms with Crippen LogP contribution in [0.15, 0.2) is 47.1 Å². The first-order valence-corrected chi connectivity index (χ1v) is 13.0. The van der Waals surface area contributed by atoms with E-state index in [1.807, 2.05) is 0 Å². The van der Waals surface area contributed by atoms with Crippen molar-refractivity contribution in [2.45, 2.75) is 92.5 Å². The molecule has 0 saturated heterocycles. The summed E-state index contributed by atoms with van der Waals surface area (Å²) in [5, 5.41) is 1.49. The SMILES string of the molecule is CC1=[C-]C(C)C(C)=C1C.CCCCCCCCCC[NH-].C[SiH]c1ccccc1.[Ti+2]. The van der Waals surface area contributed by atoms with Gasteiger partial charge in [0.1, 0.15) is 0 Å². The minimum atomic E-state index is 0. The van der Waals surface area contributed by atoms with E-state index in [4.69, 9.17) is 5.73 Å². The molecule has 161 valence electrons. The van der Waals surface area contributed by atoms with E-state index < -0.39 is 0 Å². The Hall–Kier alpha value is -0.409. The van der Waals surface area contributed by atoms with Crippen molar-refractivity contribution in [1.29, 1.82) is 0 Å². The van der Waals surface area contributed by atoms with Gasteiger partial charge in [-0.25, -0.2) is 5.57 Å². The van der Waals surface area contributed by atoms with Gasteiger partial charge in [-0.1, -0.05) is 127 Å². The van der Waals surface area contributed by atoms with Crippen LogP contribution >= 0.6 is 0 Å². The van der Waals surface area contributed by atoms with Crippen molar-refractivity contribution in [3.05, 3.63) is 58.9 Å². The van der Waals surface area contributed by atoms with Gasteiger partial charge in [0, 0.05) is 0 Å². The maximum absolute atomic E-state index is 6.95. The first-order valence-electron chi connectivity index (χ1n) is 11.2. The molecule has 3 heteroatoms. The molecule has 1 aliphatic carbocycles. The Bertz CT molecular complexity index is 543. The molecule has 0 fully saturated rings. The largest absolute Gasteiger partial charge is 2.00 e. The Kier molecular flexibility index (Phi) is 22.1. The number of allylic oxidation sites excluding steroid dienone is 4. The zero-order valence-corrected chi connectivity index (χ0v) is 22.6. The summed E-state index contributed by atoms with van der Waals surface area (Å²) in [6, 6.07) is 10.6. The molecule has 1 nitrogen and oxygen atoms in total. The summed E-state index contributed by atoms with van der Waals surface area (Å²) in [7, 11) is 0.511. The summed E-state index contributed by atoms with van der Waals surface area (Å²) in [4.78, 5) is 0. The predicted molar refractivity (Wildman–Crippen MR) is 131 cm³/mol. The van der Waals surface area contributed by atoms with Crippen molar-refractivity contribution in [3.63, 3.8) is 0 Å². The minimum Gasteiger partial charge on any atom is -0.677 e. The number of nitrogens with one attached hydrogen (secondary N) is 1. The topological polar surface area (TPSA) is 23.8 Å². The van der Waals surface area contributed by atoms with Crippen LogP contribution in [-0.4, -0.2) is 16.1 Å². The summed E-state index contributed by atoms with van der Waals surface area (Å²) in [6.45, 7) is 13.8. The molecule has 1 radical (unpaired) electrons. The second-order valence-corrected chi connectivity index (χ2v) is 8.97. The fourth-order valence-corrected chi connectivity index (χ4v) is 3.67. The third-order valence-electron chi connectivity index (χ3n) is 5.40. The molecule has 1 aromatic rings. The van der Waals surface area contributed by atoms with Crippen LogP contribution in [0.3, 0.4) is 0 Å². The van der Waals surface area contributed by atoms with Gasteiger partial charge in [0.15, 0.2) is 0 Å². The zero-order valence-electron chi connectivity index (χ0n) is 19.9. The molecule has 0 aliphatic heterocycles. The van der Waals surface area contributed by atoms with Crippen molar-refractivity contribution in [2.75, 3.05) is 6.54 Å². The fourth-order valence-electron chi connectivity index (χ4n) is 3.07. The Labute approximate surface area is 199 Å². The molecule has 1 N–H and O–H groups in total. The third-order valence-corrected chi connectivity index (χ3v) is 6.45. The monoisotopic (exact) mass is 446 g/mol. The summed E-state index contributed by atoms with van der Waals surface area (Å²) >= 11 is 0. The Morgan fingerprint density at radius 2 is 1.41 bits per heavy atom. The quantitative estimate of drug-likeness (QED) is 0.211. The van der Waals surface area contributed by atoms with E-state index in [1.165, 1.54) is 66.9 Å². The Morgan fingerprint density at radius 3 is 1.72 bits per heavy atom. The number of benzene rings is 1. The fraction of sp³-hybridized carbons (Fsp3) is 0.615. The van der Waals surface area contributed by atoms with E-state index in [-0.39, 0.29) is 21.7 Å². The van der Waals surface area contributed by atoms with E-state index in [0.29, 0.717) is 22.0 Å². The summed E-state index contributed by atoms with van der Waals surface area (Å²) in [6.07, 6.45) is 14.0. The van der Waals surface area contributed by atoms with Crippen LogP contribution in [0.2, 0.25) is 6.55 Å². The summed E-state index contributed by atoms with van der Waals surface area (Å²) in [5.74, 6) is 0.560. The van der Waals surface area contributed by atoms with Gasteiger partial charge in [-0.2, -0.15) is 17.7 Å². The maximum Gasteiger partial charge on any atom is 2.00 e. The Balaban J connectivity index is 0. The number of hydrogen-bond acceptors (Lipinski definition) is 0. The van der Waals surface area contributed by atoms with Gasteiger partial charge in [-0.05, 0) is 0 Å². The van der Waals surface area contributed by atoms with Gasteiger partial charge in [0.2, 0.25) is 0 Å². The van der Waals surface area contributed by atoms with Gasteiger partial charge >= 0.3 is 21.7 Å². The molecule has 0 amide bonds. The van der Waals surface area contributed by atoms with Crippen LogP contribution in [0.1, 0.15) is 86.0 Å². The van der Waals surface area contributed by atoms with Gasteiger partial charge in [0.25, 0.3) is 0 Å². The maximum atomic E-state index is 6.95. The molecule has 1 aliphatic rings. The van der Waals surface area contributed by atoms with E-state index in [1.54, 1.807) is 0 Å². The first-order chi connectivity index (χ1) is 13.5. The molecule has 1 unspecified atom stereocenters. The normalized spacial score (nSPS) is 14.9. The van der Waals surface area contributed by atoms with E-state index in [9.17, 15) is 0 Å². The van der Waals surface area contributed by atoms with Gasteiger partial charge < -0.3 is 5.73 Å².